The van der Waals surface area contributed by atoms with E-state index in [0.29, 0.717) is 16.7 Å². The van der Waals surface area contributed by atoms with Crippen LogP contribution in [0.1, 0.15) is 111 Å². The smallest absolute Gasteiger partial charge is 0.311 e. The summed E-state index contributed by atoms with van der Waals surface area (Å²) in [5.41, 5.74) is 7.16. The summed E-state index contributed by atoms with van der Waals surface area (Å²) in [6, 6.07) is 13.4. The van der Waals surface area contributed by atoms with Crippen LogP contribution in [0.3, 0.4) is 0 Å². The summed E-state index contributed by atoms with van der Waals surface area (Å²) in [6.07, 6.45) is -6.13. The van der Waals surface area contributed by atoms with Crippen LogP contribution in [-0.4, -0.2) is 48.0 Å². The molecule has 0 aliphatic carbocycles. The number of aryl methyl sites for hydroxylation is 2. The van der Waals surface area contributed by atoms with Crippen molar-refractivity contribution >= 4 is 16.9 Å². The van der Waals surface area contributed by atoms with E-state index in [4.69, 9.17) is 45.4 Å². The van der Waals surface area contributed by atoms with Gasteiger partial charge in [-0.3, -0.25) is 15.0 Å². The van der Waals surface area contributed by atoms with Crippen LogP contribution >= 0.6 is 0 Å². The molecule has 3 aromatic rings. The van der Waals surface area contributed by atoms with Crippen LogP contribution in [-0.2, 0) is 6.54 Å². The SMILES string of the molecule is [2H]C1([2H])C=C(c2cc(OC([2H])(C([2H])([2H])[2H])C([2H])([2H])[2H])c([N+](=O)[O-])cc2C)CC([2H])([2H])N1Cc1ccccc1.[2H]C1([2H])CC(c2cc(OC([2H])(C([2H])([2H])[2H])C([2H])([2H])[2H])c(N)cc2C)CC([2H])([2H])N1. The molecule has 242 valence electrons. The lowest BCUT2D eigenvalue weighted by atomic mass is 9.87. The third kappa shape index (κ3) is 9.55. The van der Waals surface area contributed by atoms with E-state index < -0.39 is 87.8 Å². The monoisotopic (exact) mass is 637 g/mol. The van der Waals surface area contributed by atoms with Crippen molar-refractivity contribution in [3.63, 3.8) is 0 Å². The molecule has 0 spiro atoms. The molecule has 3 N–H and O–H groups in total. The number of hydrogen-bond acceptors (Lipinski definition) is 7. The molecule has 2 aliphatic heterocycles. The first kappa shape index (κ1) is 15.1. The molecule has 8 heteroatoms. The highest BCUT2D eigenvalue weighted by Crippen LogP contribution is 2.36. The van der Waals surface area contributed by atoms with Gasteiger partial charge in [-0.25, -0.2) is 0 Å². The molecule has 2 heterocycles. The Bertz CT molecular complexity index is 2280. The van der Waals surface area contributed by atoms with Crippen LogP contribution in [0.15, 0.2) is 60.7 Å². The number of nitro benzene ring substituents is 1. The lowest BCUT2D eigenvalue weighted by Gasteiger charge is -2.27. The summed E-state index contributed by atoms with van der Waals surface area (Å²) >= 11 is 0. The minimum Gasteiger partial charge on any atom is -0.489 e. The number of anilines is 1. The van der Waals surface area contributed by atoms with Crippen molar-refractivity contribution in [2.75, 3.05) is 31.7 Å². The number of nitrogens with one attached hydrogen (secondary N) is 1. The molecule has 8 nitrogen and oxygen atoms in total. The zero-order valence-electron chi connectivity index (χ0n) is 46.8. The molecule has 1 fully saturated rings. The van der Waals surface area contributed by atoms with Gasteiger partial charge in [-0.2, -0.15) is 0 Å². The fourth-order valence-electron chi connectivity index (χ4n) is 4.89. The largest absolute Gasteiger partial charge is 0.489 e. The van der Waals surface area contributed by atoms with Gasteiger partial charge >= 0.3 is 5.69 Å². The van der Waals surface area contributed by atoms with Gasteiger partial charge in [0.2, 0.25) is 0 Å². The maximum atomic E-state index is 11.7. The molecule has 0 saturated carbocycles. The number of piperidine rings is 1. The number of nitro groups is 1. The van der Waals surface area contributed by atoms with E-state index in [-0.39, 0.29) is 53.9 Å². The Morgan fingerprint density at radius 3 is 2.38 bits per heavy atom. The van der Waals surface area contributed by atoms with Crippen LogP contribution in [0.4, 0.5) is 11.4 Å². The summed E-state index contributed by atoms with van der Waals surface area (Å²) in [5.74, 6) is -1.75. The lowest BCUT2D eigenvalue weighted by Crippen LogP contribution is -2.28. The zero-order valence-corrected chi connectivity index (χ0v) is 24.8. The van der Waals surface area contributed by atoms with Crippen LogP contribution < -0.4 is 20.5 Å². The predicted molar refractivity (Wildman–Crippen MR) is 184 cm³/mol. The first-order valence-electron chi connectivity index (χ1n) is 24.9. The maximum absolute atomic E-state index is 11.7. The van der Waals surface area contributed by atoms with E-state index >= 15 is 0 Å². The highest BCUT2D eigenvalue weighted by Gasteiger charge is 2.22. The average molecular weight is 637 g/mol. The summed E-state index contributed by atoms with van der Waals surface area (Å²) in [6.45, 7) is -19.1. The number of rotatable bonds is 9. The number of nitrogens with zero attached hydrogens (tertiary/aromatic N) is 2. The van der Waals surface area contributed by atoms with Gasteiger partial charge in [-0.1, -0.05) is 36.4 Å². The molecule has 0 bridgehead atoms. The second-order valence-electron chi connectivity index (χ2n) is 10.3. The summed E-state index contributed by atoms with van der Waals surface area (Å²) in [4.78, 5) is 11.8. The first-order chi connectivity index (χ1) is 30.0. The second-order valence-corrected chi connectivity index (χ2v) is 10.3. The maximum Gasteiger partial charge on any atom is 0.311 e. The molecular formula is C37H50N4O4. The van der Waals surface area contributed by atoms with Gasteiger partial charge in [0, 0.05) is 53.0 Å². The Hall–Kier alpha value is -3.88. The normalized spacial score (nSPS) is 29.1. The molecule has 5 rings (SSSR count). The molecule has 0 radical (unpaired) electrons. The topological polar surface area (TPSA) is 103 Å². The van der Waals surface area contributed by atoms with E-state index in [9.17, 15) is 10.1 Å². The Morgan fingerprint density at radius 1 is 1.04 bits per heavy atom. The molecule has 0 aromatic heterocycles. The van der Waals surface area contributed by atoms with Crippen LogP contribution in [0.2, 0.25) is 0 Å². The minimum absolute atomic E-state index is 0.0449. The third-order valence-corrected chi connectivity index (χ3v) is 7.02. The highest BCUT2D eigenvalue weighted by atomic mass is 16.6. The van der Waals surface area contributed by atoms with Gasteiger partial charge in [0.1, 0.15) is 5.75 Å². The fraction of sp³-hybridized carbons (Fsp3) is 0.459. The number of nitrogens with two attached hydrogens (primary N) is 1. The van der Waals surface area contributed by atoms with E-state index in [1.165, 1.54) is 19.1 Å². The lowest BCUT2D eigenvalue weighted by molar-refractivity contribution is -0.386. The first-order valence-corrected chi connectivity index (χ1v) is 13.9. The number of ether oxygens (including phenoxy) is 2. The standard InChI is InChI=1S/C22H26N2O3.C15H24N2O/c1-16(2)27-22-14-20(17(3)13-21(22)24(25)26)19-9-11-23(12-10-19)15-18-7-5-4-6-8-18;1-10(2)18-15-9-13(11(3)8-14(15)16)12-4-6-17-7-5-12/h4-9,13-14,16H,10-12,15H2,1-3H3;8-10,12,17H,4-7,16H2,1-3H3/i1D3,2D3,11D2,12D2,16D;1D3,2D3,6D2,7D2,10D. The second kappa shape index (κ2) is 15.9. The molecular weight excluding hydrogens is 564 g/mol. The molecule has 1 saturated heterocycles. The highest BCUT2D eigenvalue weighted by molar-refractivity contribution is 5.72. The van der Waals surface area contributed by atoms with Gasteiger partial charge in [0.05, 0.1) is 25.5 Å². The predicted octanol–water partition coefficient (Wildman–Crippen LogP) is 7.81. The van der Waals surface area contributed by atoms with Crippen molar-refractivity contribution in [2.45, 2.75) is 85.1 Å². The third-order valence-electron chi connectivity index (χ3n) is 7.02. The Kier molecular flexibility index (Phi) is 5.35. The number of benzene rings is 3. The quantitative estimate of drug-likeness (QED) is 0.140. The van der Waals surface area contributed by atoms with Crippen molar-refractivity contribution in [3.8, 4) is 11.5 Å². The van der Waals surface area contributed by atoms with Crippen LogP contribution in [0, 0.1) is 24.0 Å². The van der Waals surface area contributed by atoms with E-state index in [2.05, 4.69) is 5.32 Å². The molecule has 3 aromatic carbocycles. The molecule has 2 aliphatic rings. The van der Waals surface area contributed by atoms with Crippen molar-refractivity contribution in [2.24, 2.45) is 0 Å². The minimum atomic E-state index is -3.55. The Morgan fingerprint density at radius 2 is 1.73 bits per heavy atom. The Balaban J connectivity index is 0.000000304. The number of hydrogen-bond donors (Lipinski definition) is 2. The van der Waals surface area contributed by atoms with Crippen LogP contribution in [0.25, 0.3) is 5.57 Å². The summed E-state index contributed by atoms with van der Waals surface area (Å²) in [7, 11) is 0. The van der Waals surface area contributed by atoms with Crippen LogP contribution in [0.5, 0.6) is 11.5 Å². The average Bonchev–Trinajstić information content (AvgIpc) is 3.11. The van der Waals surface area contributed by atoms with E-state index in [1.54, 1.807) is 37.3 Å². The molecule has 0 atom stereocenters. The summed E-state index contributed by atoms with van der Waals surface area (Å²) in [5, 5.41) is 14.0. The van der Waals surface area contributed by atoms with Crippen molar-refractivity contribution in [1.82, 2.24) is 10.2 Å². The zero-order chi connectivity index (χ0) is 51.5. The van der Waals surface area contributed by atoms with Gasteiger partial charge in [0.15, 0.2) is 5.75 Å². The fourth-order valence-corrected chi connectivity index (χ4v) is 4.89. The summed E-state index contributed by atoms with van der Waals surface area (Å²) < 4.78 is 183. The number of nitrogen functional groups attached to an aromatic ring is 1. The molecule has 45 heavy (non-hydrogen) atoms. The van der Waals surface area contributed by atoms with Gasteiger partial charge in [-0.15, -0.1) is 0 Å². The van der Waals surface area contributed by atoms with Crippen molar-refractivity contribution in [1.29, 1.82) is 0 Å². The van der Waals surface area contributed by atoms with E-state index in [1.807, 2.05) is 0 Å². The van der Waals surface area contributed by atoms with E-state index in [0.717, 1.165) is 23.1 Å². The molecule has 0 amide bonds. The van der Waals surface area contributed by atoms with Crippen molar-refractivity contribution in [3.05, 3.63) is 98.6 Å². The van der Waals surface area contributed by atoms with Gasteiger partial charge < -0.3 is 20.5 Å². The van der Waals surface area contributed by atoms with Gasteiger partial charge in [0.25, 0.3) is 0 Å². The van der Waals surface area contributed by atoms with Gasteiger partial charge in [-0.05, 0) is 131 Å². The van der Waals surface area contributed by atoms with Crippen molar-refractivity contribution < 1.29 is 44.6 Å². The molecule has 0 unspecified atom stereocenters. The Labute approximate surface area is 299 Å².